The van der Waals surface area contributed by atoms with Crippen LogP contribution in [0.25, 0.3) is 11.3 Å². The van der Waals surface area contributed by atoms with E-state index in [-0.39, 0.29) is 12.3 Å². The lowest BCUT2D eigenvalue weighted by molar-refractivity contribution is -0.118. The molecule has 6 nitrogen and oxygen atoms in total. The first kappa shape index (κ1) is 20.6. The van der Waals surface area contributed by atoms with Gasteiger partial charge in [0.25, 0.3) is 5.91 Å². The summed E-state index contributed by atoms with van der Waals surface area (Å²) < 4.78 is 0. The maximum absolute atomic E-state index is 13.0. The normalized spacial score (nSPS) is 12.0. The van der Waals surface area contributed by atoms with Crippen LogP contribution < -0.4 is 11.1 Å². The van der Waals surface area contributed by atoms with Crippen LogP contribution in [0.15, 0.2) is 54.7 Å². The molecule has 3 aromatic rings. The zero-order chi connectivity index (χ0) is 21.0. The van der Waals surface area contributed by atoms with E-state index in [0.29, 0.717) is 27.8 Å². The maximum Gasteiger partial charge on any atom is 0.255 e. The second-order valence-corrected chi connectivity index (χ2v) is 7.63. The van der Waals surface area contributed by atoms with Crippen LogP contribution in [0, 0.1) is 0 Å². The van der Waals surface area contributed by atoms with Crippen molar-refractivity contribution in [3.8, 4) is 11.3 Å². The van der Waals surface area contributed by atoms with Crippen LogP contribution in [0.2, 0.25) is 5.02 Å². The fourth-order valence-electron chi connectivity index (χ4n) is 3.14. The van der Waals surface area contributed by atoms with Crippen LogP contribution in [0.4, 0.5) is 0 Å². The van der Waals surface area contributed by atoms with Gasteiger partial charge in [0.1, 0.15) is 0 Å². The van der Waals surface area contributed by atoms with Gasteiger partial charge in [-0.3, -0.25) is 14.7 Å². The molecule has 3 rings (SSSR count). The first-order valence-electron chi connectivity index (χ1n) is 9.33. The van der Waals surface area contributed by atoms with Gasteiger partial charge >= 0.3 is 0 Å². The van der Waals surface area contributed by atoms with Gasteiger partial charge < -0.3 is 11.1 Å². The Kier molecular flexibility index (Phi) is 6.34. The van der Waals surface area contributed by atoms with Crippen molar-refractivity contribution in [2.24, 2.45) is 5.73 Å². The molecule has 29 heavy (non-hydrogen) atoms. The van der Waals surface area contributed by atoms with Crippen molar-refractivity contribution in [3.63, 3.8) is 0 Å². The Balaban J connectivity index is 1.89. The molecular weight excluding hydrogens is 388 g/mol. The molecule has 1 aromatic heterocycles. The zero-order valence-corrected chi connectivity index (χ0v) is 17.0. The predicted molar refractivity (Wildman–Crippen MR) is 114 cm³/mol. The largest absolute Gasteiger partial charge is 0.370 e. The van der Waals surface area contributed by atoms with Gasteiger partial charge in [-0.1, -0.05) is 55.8 Å². The molecule has 2 aromatic carbocycles. The van der Waals surface area contributed by atoms with Crippen LogP contribution in [-0.4, -0.2) is 22.0 Å². The van der Waals surface area contributed by atoms with Crippen LogP contribution in [0.5, 0.6) is 0 Å². The fraction of sp³-hybridized carbons (Fsp3) is 0.227. The number of halogens is 1. The van der Waals surface area contributed by atoms with Crippen molar-refractivity contribution in [1.29, 1.82) is 0 Å². The predicted octanol–water partition coefficient (Wildman–Crippen LogP) is 4.20. The average molecular weight is 411 g/mol. The van der Waals surface area contributed by atoms with E-state index in [0.717, 1.165) is 11.1 Å². The number of benzene rings is 2. The van der Waals surface area contributed by atoms with Crippen molar-refractivity contribution >= 4 is 23.4 Å². The van der Waals surface area contributed by atoms with E-state index in [9.17, 15) is 9.59 Å². The van der Waals surface area contributed by atoms with Gasteiger partial charge in [0.15, 0.2) is 0 Å². The third kappa shape index (κ3) is 5.03. The summed E-state index contributed by atoms with van der Waals surface area (Å²) in [6.45, 7) is 4.22. The minimum absolute atomic E-state index is 0.0396. The molecule has 0 aliphatic carbocycles. The zero-order valence-electron chi connectivity index (χ0n) is 16.3. The first-order valence-corrected chi connectivity index (χ1v) is 9.71. The molecule has 0 fully saturated rings. The van der Waals surface area contributed by atoms with Gasteiger partial charge in [-0.2, -0.15) is 5.10 Å². The molecule has 1 atom stereocenters. The molecule has 4 N–H and O–H groups in total. The van der Waals surface area contributed by atoms with Gasteiger partial charge in [0, 0.05) is 10.6 Å². The third-order valence-electron chi connectivity index (χ3n) is 4.69. The van der Waals surface area contributed by atoms with Crippen LogP contribution >= 0.6 is 11.6 Å². The molecule has 0 saturated heterocycles. The average Bonchev–Trinajstić information content (AvgIpc) is 3.17. The smallest absolute Gasteiger partial charge is 0.255 e. The number of rotatable bonds is 7. The lowest BCUT2D eigenvalue weighted by Crippen LogP contribution is -2.32. The van der Waals surface area contributed by atoms with Crippen molar-refractivity contribution in [3.05, 3.63) is 76.4 Å². The highest BCUT2D eigenvalue weighted by molar-refractivity contribution is 6.30. The van der Waals surface area contributed by atoms with Crippen molar-refractivity contribution < 1.29 is 9.59 Å². The Morgan fingerprint density at radius 2 is 1.86 bits per heavy atom. The third-order valence-corrected chi connectivity index (χ3v) is 4.92. The molecule has 0 spiro atoms. The van der Waals surface area contributed by atoms with Crippen molar-refractivity contribution in [1.82, 2.24) is 15.5 Å². The molecule has 150 valence electrons. The summed E-state index contributed by atoms with van der Waals surface area (Å²) in [5.74, 6) is -0.514. The first-order chi connectivity index (χ1) is 13.8. The van der Waals surface area contributed by atoms with E-state index in [1.54, 1.807) is 24.3 Å². The number of amides is 2. The van der Waals surface area contributed by atoms with Crippen molar-refractivity contribution in [2.45, 2.75) is 32.2 Å². The molecule has 0 aliphatic heterocycles. The Bertz CT molecular complexity index is 1030. The summed E-state index contributed by atoms with van der Waals surface area (Å²) in [6, 6.07) is 14.4. The van der Waals surface area contributed by atoms with E-state index in [1.807, 2.05) is 24.3 Å². The Hall–Kier alpha value is -3.12. The minimum Gasteiger partial charge on any atom is -0.370 e. The van der Waals surface area contributed by atoms with Crippen LogP contribution in [0.1, 0.15) is 53.7 Å². The molecule has 1 heterocycles. The highest BCUT2D eigenvalue weighted by atomic mass is 35.5. The number of nitrogens with zero attached hydrogens (tertiary/aromatic N) is 1. The van der Waals surface area contributed by atoms with E-state index in [2.05, 4.69) is 29.4 Å². The molecule has 0 unspecified atom stereocenters. The number of aromatic amines is 1. The van der Waals surface area contributed by atoms with E-state index in [1.165, 1.54) is 6.20 Å². The number of aromatic nitrogens is 2. The van der Waals surface area contributed by atoms with E-state index >= 15 is 0 Å². The quantitative estimate of drug-likeness (QED) is 0.544. The Morgan fingerprint density at radius 1 is 1.14 bits per heavy atom. The van der Waals surface area contributed by atoms with Gasteiger partial charge in [0.2, 0.25) is 5.91 Å². The maximum atomic E-state index is 13.0. The number of primary amides is 1. The lowest BCUT2D eigenvalue weighted by Gasteiger charge is -2.18. The number of H-pyrrole nitrogens is 1. The summed E-state index contributed by atoms with van der Waals surface area (Å²) in [4.78, 5) is 24.6. The number of nitrogens with one attached hydrogen (secondary N) is 2. The molecule has 0 saturated carbocycles. The second-order valence-electron chi connectivity index (χ2n) is 7.19. The molecule has 0 radical (unpaired) electrons. The van der Waals surface area contributed by atoms with Crippen molar-refractivity contribution in [2.75, 3.05) is 0 Å². The Labute approximate surface area is 174 Å². The standard InChI is InChI=1S/C22H23ClN4O2/c1-13(2)14-5-3-7-16(9-14)21-18(12-25-27-21)22(29)26-19(11-20(24)28)15-6-4-8-17(23)10-15/h3-10,12-13,19H,11H2,1-2H3,(H2,24,28)(H,25,27)(H,26,29)/t19-/m0/s1. The van der Waals surface area contributed by atoms with Crippen LogP contribution in [0.3, 0.4) is 0 Å². The highest BCUT2D eigenvalue weighted by Crippen LogP contribution is 2.26. The second kappa shape index (κ2) is 8.92. The summed E-state index contributed by atoms with van der Waals surface area (Å²) in [6.07, 6.45) is 1.44. The number of hydrogen-bond acceptors (Lipinski definition) is 3. The topological polar surface area (TPSA) is 101 Å². The monoisotopic (exact) mass is 410 g/mol. The van der Waals surface area contributed by atoms with Gasteiger partial charge in [0.05, 0.1) is 29.9 Å². The summed E-state index contributed by atoms with van der Waals surface area (Å²) in [5.41, 5.74) is 9.13. The van der Waals surface area contributed by atoms with Gasteiger partial charge in [-0.15, -0.1) is 0 Å². The van der Waals surface area contributed by atoms with Crippen LogP contribution in [-0.2, 0) is 4.79 Å². The number of nitrogens with two attached hydrogens (primary N) is 1. The molecule has 2 amide bonds. The fourth-order valence-corrected chi connectivity index (χ4v) is 3.34. The van der Waals surface area contributed by atoms with Gasteiger partial charge in [-0.25, -0.2) is 0 Å². The SMILES string of the molecule is CC(C)c1cccc(-c2[nH]ncc2C(=O)N[C@@H](CC(N)=O)c2cccc(Cl)c2)c1. The molecule has 0 bridgehead atoms. The molecule has 0 aliphatic rings. The summed E-state index contributed by atoms with van der Waals surface area (Å²) in [7, 11) is 0. The minimum atomic E-state index is -0.594. The summed E-state index contributed by atoms with van der Waals surface area (Å²) >= 11 is 6.06. The lowest BCUT2D eigenvalue weighted by atomic mass is 9.98. The van der Waals surface area contributed by atoms with E-state index in [4.69, 9.17) is 17.3 Å². The summed E-state index contributed by atoms with van der Waals surface area (Å²) in [5, 5.41) is 10.4. The number of carbonyl (C=O) groups excluding carboxylic acids is 2. The van der Waals surface area contributed by atoms with E-state index < -0.39 is 11.9 Å². The number of hydrogen-bond donors (Lipinski definition) is 3. The Morgan fingerprint density at radius 3 is 2.55 bits per heavy atom. The number of carbonyl (C=O) groups is 2. The highest BCUT2D eigenvalue weighted by Gasteiger charge is 2.22. The molecule has 7 heteroatoms. The van der Waals surface area contributed by atoms with Gasteiger partial charge in [-0.05, 0) is 35.2 Å². The molecular formula is C22H23ClN4O2.